The number of anilines is 1. The normalized spacial score (nSPS) is 20.4. The molecule has 1 amide bonds. The lowest BCUT2D eigenvalue weighted by Gasteiger charge is -2.34. The van der Waals surface area contributed by atoms with Gasteiger partial charge < -0.3 is 19.9 Å². The fourth-order valence-corrected chi connectivity index (χ4v) is 4.00. The summed E-state index contributed by atoms with van der Waals surface area (Å²) in [6.07, 6.45) is 1.93. The number of amides is 1. The SMILES string of the molecule is CC(C)c1cc(C(=O)N2Cc3nnc(C4CCOCC4)n3[C@@H](C)C2)nc(N)n1. The summed E-state index contributed by atoms with van der Waals surface area (Å²) in [6, 6.07) is 1.84. The summed E-state index contributed by atoms with van der Waals surface area (Å²) >= 11 is 0. The predicted molar refractivity (Wildman–Crippen MR) is 103 cm³/mol. The number of fused-ring (bicyclic) bond motifs is 1. The van der Waals surface area contributed by atoms with Crippen LogP contribution in [0, 0.1) is 0 Å². The fraction of sp³-hybridized carbons (Fsp3) is 0.632. The van der Waals surface area contributed by atoms with Gasteiger partial charge in [-0.3, -0.25) is 4.79 Å². The van der Waals surface area contributed by atoms with Gasteiger partial charge in [0.25, 0.3) is 5.91 Å². The molecule has 4 heterocycles. The highest BCUT2D eigenvalue weighted by atomic mass is 16.5. The number of carbonyl (C=O) groups excluding carboxylic acids is 1. The van der Waals surface area contributed by atoms with E-state index in [1.807, 2.05) is 13.8 Å². The van der Waals surface area contributed by atoms with Gasteiger partial charge in [0.2, 0.25) is 5.95 Å². The number of carbonyl (C=O) groups is 1. The van der Waals surface area contributed by atoms with E-state index in [-0.39, 0.29) is 23.8 Å². The molecule has 1 atom stereocenters. The van der Waals surface area contributed by atoms with Crippen LogP contribution in [-0.4, -0.2) is 55.3 Å². The quantitative estimate of drug-likeness (QED) is 0.858. The summed E-state index contributed by atoms with van der Waals surface area (Å²) in [6.45, 7) is 8.65. The monoisotopic (exact) mass is 385 g/mol. The molecule has 150 valence electrons. The van der Waals surface area contributed by atoms with Gasteiger partial charge in [0.1, 0.15) is 11.5 Å². The number of nitrogens with two attached hydrogens (primary N) is 1. The molecule has 0 unspecified atom stereocenters. The van der Waals surface area contributed by atoms with Crippen molar-refractivity contribution in [2.75, 3.05) is 25.5 Å². The topological polar surface area (TPSA) is 112 Å². The summed E-state index contributed by atoms with van der Waals surface area (Å²) < 4.78 is 7.67. The second-order valence-electron chi connectivity index (χ2n) is 7.96. The maximum absolute atomic E-state index is 13.1. The van der Waals surface area contributed by atoms with E-state index in [4.69, 9.17) is 10.5 Å². The first-order valence-corrected chi connectivity index (χ1v) is 9.89. The van der Waals surface area contributed by atoms with Crippen LogP contribution in [0.4, 0.5) is 5.95 Å². The number of nitrogen functional groups attached to an aromatic ring is 1. The van der Waals surface area contributed by atoms with Crippen molar-refractivity contribution >= 4 is 11.9 Å². The van der Waals surface area contributed by atoms with Crippen LogP contribution in [0.15, 0.2) is 6.07 Å². The van der Waals surface area contributed by atoms with Gasteiger partial charge in [0.15, 0.2) is 5.82 Å². The van der Waals surface area contributed by atoms with Crippen molar-refractivity contribution in [2.45, 2.75) is 58.0 Å². The van der Waals surface area contributed by atoms with Crippen LogP contribution in [0.2, 0.25) is 0 Å². The molecule has 4 rings (SSSR count). The van der Waals surface area contributed by atoms with Crippen LogP contribution in [0.3, 0.4) is 0 Å². The lowest BCUT2D eigenvalue weighted by Crippen LogP contribution is -2.41. The molecule has 2 aliphatic rings. The highest BCUT2D eigenvalue weighted by Crippen LogP contribution is 2.31. The Labute approximate surface area is 164 Å². The first-order valence-electron chi connectivity index (χ1n) is 9.89. The number of hydrogen-bond acceptors (Lipinski definition) is 7. The van der Waals surface area contributed by atoms with Crippen LogP contribution < -0.4 is 5.73 Å². The first-order chi connectivity index (χ1) is 13.4. The summed E-state index contributed by atoms with van der Waals surface area (Å²) in [5.74, 6) is 2.36. The average molecular weight is 385 g/mol. The van der Waals surface area contributed by atoms with Gasteiger partial charge >= 0.3 is 0 Å². The van der Waals surface area contributed by atoms with Gasteiger partial charge in [-0.2, -0.15) is 0 Å². The molecule has 9 nitrogen and oxygen atoms in total. The Morgan fingerprint density at radius 3 is 2.71 bits per heavy atom. The molecule has 2 aromatic heterocycles. The van der Waals surface area contributed by atoms with E-state index >= 15 is 0 Å². The number of rotatable bonds is 3. The lowest BCUT2D eigenvalue weighted by molar-refractivity contribution is 0.0663. The van der Waals surface area contributed by atoms with Crippen molar-refractivity contribution in [3.8, 4) is 0 Å². The maximum Gasteiger partial charge on any atom is 0.273 e. The third-order valence-corrected chi connectivity index (χ3v) is 5.50. The molecule has 9 heteroatoms. The fourth-order valence-electron chi connectivity index (χ4n) is 4.00. The summed E-state index contributed by atoms with van der Waals surface area (Å²) in [7, 11) is 0. The maximum atomic E-state index is 13.1. The predicted octanol–water partition coefficient (Wildman–Crippen LogP) is 1.88. The van der Waals surface area contributed by atoms with Crippen LogP contribution in [0.25, 0.3) is 0 Å². The molecule has 2 aliphatic heterocycles. The summed E-state index contributed by atoms with van der Waals surface area (Å²) in [5.41, 5.74) is 6.93. The van der Waals surface area contributed by atoms with Gasteiger partial charge in [-0.05, 0) is 31.7 Å². The van der Waals surface area contributed by atoms with Crippen molar-refractivity contribution in [3.05, 3.63) is 29.1 Å². The molecule has 1 saturated heterocycles. The van der Waals surface area contributed by atoms with E-state index in [1.165, 1.54) is 0 Å². The van der Waals surface area contributed by atoms with Crippen LogP contribution >= 0.6 is 0 Å². The molecule has 28 heavy (non-hydrogen) atoms. The zero-order valence-corrected chi connectivity index (χ0v) is 16.6. The average Bonchev–Trinajstić information content (AvgIpc) is 3.12. The van der Waals surface area contributed by atoms with Crippen molar-refractivity contribution in [1.29, 1.82) is 0 Å². The largest absolute Gasteiger partial charge is 0.381 e. The summed E-state index contributed by atoms with van der Waals surface area (Å²) in [4.78, 5) is 23.3. The van der Waals surface area contributed by atoms with E-state index in [0.29, 0.717) is 24.7 Å². The lowest BCUT2D eigenvalue weighted by atomic mass is 9.99. The van der Waals surface area contributed by atoms with E-state index in [1.54, 1.807) is 11.0 Å². The highest BCUT2D eigenvalue weighted by Gasteiger charge is 2.33. The van der Waals surface area contributed by atoms with E-state index in [2.05, 4.69) is 31.7 Å². The highest BCUT2D eigenvalue weighted by molar-refractivity contribution is 5.92. The van der Waals surface area contributed by atoms with Crippen LogP contribution in [0.5, 0.6) is 0 Å². The Bertz CT molecular complexity index is 873. The molecule has 0 bridgehead atoms. The molecule has 0 aromatic carbocycles. The number of aromatic nitrogens is 5. The number of nitrogens with zero attached hydrogens (tertiary/aromatic N) is 6. The molecule has 2 N–H and O–H groups in total. The molecule has 1 fully saturated rings. The molecule has 0 spiro atoms. The van der Waals surface area contributed by atoms with Gasteiger partial charge in [-0.25, -0.2) is 9.97 Å². The standard InChI is InChI=1S/C19H27N7O2/c1-11(2)14-8-15(22-19(20)21-14)18(27)25-9-12(3)26-16(10-25)23-24-17(26)13-4-6-28-7-5-13/h8,11-13H,4-7,9-10H2,1-3H3,(H2,20,21,22)/t12-/m0/s1. The molecule has 2 aromatic rings. The minimum atomic E-state index is -0.148. The third kappa shape index (κ3) is 3.46. The zero-order valence-electron chi connectivity index (χ0n) is 16.6. The van der Waals surface area contributed by atoms with E-state index in [9.17, 15) is 4.79 Å². The number of ether oxygens (including phenoxy) is 1. The van der Waals surface area contributed by atoms with E-state index < -0.39 is 0 Å². The Hall–Kier alpha value is -2.55. The van der Waals surface area contributed by atoms with Crippen molar-refractivity contribution < 1.29 is 9.53 Å². The third-order valence-electron chi connectivity index (χ3n) is 5.50. The van der Waals surface area contributed by atoms with Crippen molar-refractivity contribution in [3.63, 3.8) is 0 Å². The Kier molecular flexibility index (Phi) is 5.01. The number of hydrogen-bond donors (Lipinski definition) is 1. The second kappa shape index (κ2) is 7.46. The second-order valence-corrected chi connectivity index (χ2v) is 7.96. The Balaban J connectivity index is 1.58. The smallest absolute Gasteiger partial charge is 0.273 e. The van der Waals surface area contributed by atoms with Crippen molar-refractivity contribution in [1.82, 2.24) is 29.6 Å². The first kappa shape index (κ1) is 18.8. The molecule has 0 aliphatic carbocycles. The van der Waals surface area contributed by atoms with Crippen molar-refractivity contribution in [2.24, 2.45) is 0 Å². The minimum absolute atomic E-state index is 0.101. The van der Waals surface area contributed by atoms with Gasteiger partial charge in [0, 0.05) is 31.4 Å². The molecular weight excluding hydrogens is 358 g/mol. The van der Waals surface area contributed by atoms with Gasteiger partial charge in [-0.15, -0.1) is 10.2 Å². The molecule has 0 saturated carbocycles. The van der Waals surface area contributed by atoms with Gasteiger partial charge in [-0.1, -0.05) is 13.8 Å². The van der Waals surface area contributed by atoms with Gasteiger partial charge in [0.05, 0.1) is 12.6 Å². The Morgan fingerprint density at radius 2 is 2.00 bits per heavy atom. The van der Waals surface area contributed by atoms with Crippen LogP contribution in [-0.2, 0) is 11.3 Å². The zero-order chi connectivity index (χ0) is 19.8. The molecule has 0 radical (unpaired) electrons. The molecular formula is C19H27N7O2. The minimum Gasteiger partial charge on any atom is -0.381 e. The van der Waals surface area contributed by atoms with E-state index in [0.717, 1.165) is 43.4 Å². The Morgan fingerprint density at radius 1 is 1.25 bits per heavy atom. The summed E-state index contributed by atoms with van der Waals surface area (Å²) in [5, 5.41) is 8.86. The van der Waals surface area contributed by atoms with Crippen LogP contribution in [0.1, 0.15) is 79.3 Å².